The topological polar surface area (TPSA) is 12.0 Å². The maximum Gasteiger partial charge on any atom is 0.0344 e. The van der Waals surface area contributed by atoms with Crippen LogP contribution in [0, 0.1) is 12.3 Å². The molecular weight excluding hydrogens is 170 g/mol. The van der Waals surface area contributed by atoms with Gasteiger partial charge in [-0.15, -0.1) is 0 Å². The molecule has 1 nitrogen and oxygen atoms in total. The molecule has 1 heteroatoms. The largest absolute Gasteiger partial charge is 0.382 e. The Hall–Kier alpha value is -0.980. The van der Waals surface area contributed by atoms with Gasteiger partial charge in [-0.3, -0.25) is 0 Å². The molecule has 0 atom stereocenters. The fourth-order valence-corrected chi connectivity index (χ4v) is 2.35. The van der Waals surface area contributed by atoms with Gasteiger partial charge in [0.2, 0.25) is 0 Å². The van der Waals surface area contributed by atoms with Crippen molar-refractivity contribution in [3.63, 3.8) is 0 Å². The number of hydrogen-bond acceptors (Lipinski definition) is 1. The average molecular weight is 189 g/mol. The van der Waals surface area contributed by atoms with Crippen LogP contribution >= 0.6 is 0 Å². The first-order valence-electron chi connectivity index (χ1n) is 5.38. The Labute approximate surface area is 86.5 Å². The molecule has 0 saturated heterocycles. The highest BCUT2D eigenvalue weighted by atomic mass is 14.9. The molecule has 0 aliphatic heterocycles. The molecule has 1 aliphatic carbocycles. The molecule has 1 aromatic carbocycles. The van der Waals surface area contributed by atoms with Crippen molar-refractivity contribution in [2.75, 3.05) is 5.32 Å². The third-order valence-electron chi connectivity index (χ3n) is 2.99. The zero-order valence-electron chi connectivity index (χ0n) is 9.30. The summed E-state index contributed by atoms with van der Waals surface area (Å²) in [7, 11) is 0. The maximum absolute atomic E-state index is 3.57. The van der Waals surface area contributed by atoms with E-state index in [0.29, 0.717) is 11.5 Å². The molecule has 0 unspecified atom stereocenters. The van der Waals surface area contributed by atoms with E-state index in [1.807, 2.05) is 0 Å². The Kier molecular flexibility index (Phi) is 2.26. The minimum Gasteiger partial charge on any atom is -0.382 e. The fraction of sp³-hybridized carbons (Fsp3) is 0.538. The minimum absolute atomic E-state index is 0.557. The number of benzene rings is 1. The Balaban J connectivity index is 1.93. The lowest BCUT2D eigenvalue weighted by atomic mass is 9.68. The van der Waals surface area contributed by atoms with E-state index >= 15 is 0 Å². The van der Waals surface area contributed by atoms with Crippen LogP contribution in [0.15, 0.2) is 24.3 Å². The number of anilines is 1. The van der Waals surface area contributed by atoms with Crippen LogP contribution < -0.4 is 5.32 Å². The molecule has 0 heterocycles. The smallest absolute Gasteiger partial charge is 0.0344 e. The van der Waals surface area contributed by atoms with E-state index in [0.717, 1.165) is 0 Å². The average Bonchev–Trinajstić information content (AvgIpc) is 2.00. The zero-order valence-corrected chi connectivity index (χ0v) is 9.30. The molecule has 1 aliphatic rings. The standard InChI is InChI=1S/C13H19N/c1-10-5-4-6-11(7-10)14-12-8-13(2,3)9-12/h4-7,12,14H,8-9H2,1-3H3. The van der Waals surface area contributed by atoms with Crippen LogP contribution in [0.5, 0.6) is 0 Å². The molecule has 1 fully saturated rings. The summed E-state index contributed by atoms with van der Waals surface area (Å²) in [5.74, 6) is 0. The third-order valence-corrected chi connectivity index (χ3v) is 2.99. The van der Waals surface area contributed by atoms with Gasteiger partial charge in [0.1, 0.15) is 0 Å². The van der Waals surface area contributed by atoms with Crippen molar-refractivity contribution in [1.29, 1.82) is 0 Å². The first kappa shape index (κ1) is 9.57. The quantitative estimate of drug-likeness (QED) is 0.749. The van der Waals surface area contributed by atoms with Crippen LogP contribution in [0.4, 0.5) is 5.69 Å². The monoisotopic (exact) mass is 189 g/mol. The Morgan fingerprint density at radius 2 is 2.00 bits per heavy atom. The van der Waals surface area contributed by atoms with E-state index in [4.69, 9.17) is 0 Å². The lowest BCUT2D eigenvalue weighted by Crippen LogP contribution is -2.41. The summed E-state index contributed by atoms with van der Waals surface area (Å²) in [6.07, 6.45) is 2.59. The zero-order chi connectivity index (χ0) is 10.2. The van der Waals surface area contributed by atoms with Crippen molar-refractivity contribution in [3.8, 4) is 0 Å². The lowest BCUT2D eigenvalue weighted by Gasteiger charge is -2.43. The molecule has 1 N–H and O–H groups in total. The summed E-state index contributed by atoms with van der Waals surface area (Å²) < 4.78 is 0. The number of hydrogen-bond donors (Lipinski definition) is 1. The van der Waals surface area contributed by atoms with Crippen LogP contribution in [0.3, 0.4) is 0 Å². The molecular formula is C13H19N. The van der Waals surface area contributed by atoms with Gasteiger partial charge in [-0.2, -0.15) is 0 Å². The molecule has 1 aromatic rings. The molecule has 76 valence electrons. The highest BCUT2D eigenvalue weighted by Gasteiger charge is 2.35. The maximum atomic E-state index is 3.57. The van der Waals surface area contributed by atoms with E-state index in [1.54, 1.807) is 0 Å². The van der Waals surface area contributed by atoms with Crippen LogP contribution in [-0.4, -0.2) is 6.04 Å². The third kappa shape index (κ3) is 2.09. The van der Waals surface area contributed by atoms with Crippen LogP contribution in [0.25, 0.3) is 0 Å². The van der Waals surface area contributed by atoms with Gasteiger partial charge >= 0.3 is 0 Å². The Morgan fingerprint density at radius 3 is 2.57 bits per heavy atom. The summed E-state index contributed by atoms with van der Waals surface area (Å²) in [6, 6.07) is 9.30. The van der Waals surface area contributed by atoms with E-state index in [-0.39, 0.29) is 0 Å². The molecule has 14 heavy (non-hydrogen) atoms. The fourth-order valence-electron chi connectivity index (χ4n) is 2.35. The minimum atomic E-state index is 0.557. The summed E-state index contributed by atoms with van der Waals surface area (Å²) in [5.41, 5.74) is 3.15. The Bertz CT molecular complexity index is 320. The van der Waals surface area contributed by atoms with Gasteiger partial charge in [0.15, 0.2) is 0 Å². The second kappa shape index (κ2) is 3.30. The highest BCUT2D eigenvalue weighted by Crippen LogP contribution is 2.41. The first-order valence-corrected chi connectivity index (χ1v) is 5.38. The SMILES string of the molecule is Cc1cccc(NC2CC(C)(C)C2)c1. The molecule has 0 spiro atoms. The van der Waals surface area contributed by atoms with E-state index in [2.05, 4.69) is 50.4 Å². The van der Waals surface area contributed by atoms with Gasteiger partial charge in [0, 0.05) is 11.7 Å². The van der Waals surface area contributed by atoms with Crippen molar-refractivity contribution in [1.82, 2.24) is 0 Å². The first-order chi connectivity index (χ1) is 6.55. The second-order valence-corrected chi connectivity index (χ2v) is 5.28. The van der Waals surface area contributed by atoms with Gasteiger partial charge in [0.25, 0.3) is 0 Å². The van der Waals surface area contributed by atoms with Gasteiger partial charge in [-0.25, -0.2) is 0 Å². The van der Waals surface area contributed by atoms with Crippen LogP contribution in [0.1, 0.15) is 32.3 Å². The summed E-state index contributed by atoms with van der Waals surface area (Å²) in [5, 5.41) is 3.57. The predicted molar refractivity (Wildman–Crippen MR) is 61.6 cm³/mol. The number of aryl methyl sites for hydroxylation is 1. The van der Waals surface area contributed by atoms with E-state index in [9.17, 15) is 0 Å². The summed E-state index contributed by atoms with van der Waals surface area (Å²) in [4.78, 5) is 0. The van der Waals surface area contributed by atoms with Gasteiger partial charge < -0.3 is 5.32 Å². The molecule has 0 aromatic heterocycles. The van der Waals surface area contributed by atoms with Crippen molar-refractivity contribution in [2.24, 2.45) is 5.41 Å². The van der Waals surface area contributed by atoms with E-state index < -0.39 is 0 Å². The normalized spacial score (nSPS) is 20.2. The molecule has 0 bridgehead atoms. The molecule has 2 rings (SSSR count). The second-order valence-electron chi connectivity index (χ2n) is 5.28. The molecule has 0 amide bonds. The van der Waals surface area contributed by atoms with Crippen LogP contribution in [0.2, 0.25) is 0 Å². The van der Waals surface area contributed by atoms with Gasteiger partial charge in [-0.05, 0) is 42.9 Å². The lowest BCUT2D eigenvalue weighted by molar-refractivity contribution is 0.167. The van der Waals surface area contributed by atoms with Gasteiger partial charge in [-0.1, -0.05) is 26.0 Å². The summed E-state index contributed by atoms with van der Waals surface area (Å²) >= 11 is 0. The predicted octanol–water partition coefficient (Wildman–Crippen LogP) is 3.60. The Morgan fingerprint density at radius 1 is 1.29 bits per heavy atom. The van der Waals surface area contributed by atoms with Crippen LogP contribution in [-0.2, 0) is 0 Å². The summed E-state index contributed by atoms with van der Waals surface area (Å²) in [6.45, 7) is 6.80. The van der Waals surface area contributed by atoms with Crippen molar-refractivity contribution in [2.45, 2.75) is 39.7 Å². The van der Waals surface area contributed by atoms with Crippen molar-refractivity contribution >= 4 is 5.69 Å². The molecule has 0 radical (unpaired) electrons. The van der Waals surface area contributed by atoms with Crippen molar-refractivity contribution in [3.05, 3.63) is 29.8 Å². The highest BCUT2D eigenvalue weighted by molar-refractivity contribution is 5.46. The van der Waals surface area contributed by atoms with Crippen molar-refractivity contribution < 1.29 is 0 Å². The number of nitrogens with one attached hydrogen (secondary N) is 1. The number of rotatable bonds is 2. The molecule has 1 saturated carbocycles. The van der Waals surface area contributed by atoms with E-state index in [1.165, 1.54) is 24.1 Å². The van der Waals surface area contributed by atoms with Gasteiger partial charge in [0.05, 0.1) is 0 Å².